The largest absolute Gasteiger partial charge is 0.368 e. The van der Waals surface area contributed by atoms with E-state index in [-0.39, 0.29) is 0 Å². The fraction of sp³-hybridized carbons (Fsp3) is 0.615. The van der Waals surface area contributed by atoms with E-state index in [2.05, 4.69) is 36.8 Å². The van der Waals surface area contributed by atoms with Crippen LogP contribution in [0.1, 0.15) is 12.8 Å². The first kappa shape index (κ1) is 11.5. The Morgan fingerprint density at radius 2 is 2.00 bits per heavy atom. The van der Waals surface area contributed by atoms with E-state index in [1.54, 1.807) is 0 Å². The molecule has 3 rings (SSSR count). The SMILES string of the molecule is Brc1cnccc1N1CCN(CC2CC2)CC1. The van der Waals surface area contributed by atoms with E-state index in [0.29, 0.717) is 0 Å². The Bertz CT molecular complexity index is 384. The van der Waals surface area contributed by atoms with Gasteiger partial charge in [0, 0.05) is 45.1 Å². The summed E-state index contributed by atoms with van der Waals surface area (Å²) in [5, 5.41) is 0. The summed E-state index contributed by atoms with van der Waals surface area (Å²) in [7, 11) is 0. The number of rotatable bonds is 3. The van der Waals surface area contributed by atoms with Crippen molar-refractivity contribution in [2.75, 3.05) is 37.6 Å². The van der Waals surface area contributed by atoms with Crippen LogP contribution in [0.4, 0.5) is 5.69 Å². The topological polar surface area (TPSA) is 19.4 Å². The highest BCUT2D eigenvalue weighted by Gasteiger charge is 2.26. The lowest BCUT2D eigenvalue weighted by Gasteiger charge is -2.36. The molecule has 1 aromatic heterocycles. The normalized spacial score (nSPS) is 21.8. The zero-order chi connectivity index (χ0) is 11.7. The average molecular weight is 296 g/mol. The molecule has 0 radical (unpaired) electrons. The Labute approximate surface area is 111 Å². The summed E-state index contributed by atoms with van der Waals surface area (Å²) in [6.07, 6.45) is 6.66. The molecule has 92 valence electrons. The van der Waals surface area contributed by atoms with Crippen LogP contribution in [-0.4, -0.2) is 42.6 Å². The van der Waals surface area contributed by atoms with Gasteiger partial charge in [-0.2, -0.15) is 0 Å². The molecule has 2 fully saturated rings. The third kappa shape index (κ3) is 2.80. The zero-order valence-electron chi connectivity index (χ0n) is 9.98. The molecule has 1 saturated carbocycles. The molecule has 4 heteroatoms. The smallest absolute Gasteiger partial charge is 0.0592 e. The van der Waals surface area contributed by atoms with Gasteiger partial charge in [-0.25, -0.2) is 0 Å². The highest BCUT2D eigenvalue weighted by molar-refractivity contribution is 9.10. The Balaban J connectivity index is 1.58. The quantitative estimate of drug-likeness (QED) is 0.853. The van der Waals surface area contributed by atoms with E-state index >= 15 is 0 Å². The molecule has 0 unspecified atom stereocenters. The molecule has 17 heavy (non-hydrogen) atoms. The molecular weight excluding hydrogens is 278 g/mol. The monoisotopic (exact) mass is 295 g/mol. The van der Waals surface area contributed by atoms with E-state index in [0.717, 1.165) is 23.5 Å². The van der Waals surface area contributed by atoms with Crippen molar-refractivity contribution in [3.63, 3.8) is 0 Å². The van der Waals surface area contributed by atoms with Crippen LogP contribution in [0.25, 0.3) is 0 Å². The minimum atomic E-state index is 1.01. The third-order valence-electron chi connectivity index (χ3n) is 3.68. The number of piperazine rings is 1. The maximum Gasteiger partial charge on any atom is 0.0592 e. The molecule has 1 saturated heterocycles. The van der Waals surface area contributed by atoms with E-state index in [1.807, 2.05) is 12.4 Å². The van der Waals surface area contributed by atoms with Crippen molar-refractivity contribution in [3.05, 3.63) is 22.9 Å². The second-order valence-corrected chi connectivity index (χ2v) is 5.91. The Morgan fingerprint density at radius 1 is 1.24 bits per heavy atom. The molecule has 1 aliphatic heterocycles. The van der Waals surface area contributed by atoms with E-state index < -0.39 is 0 Å². The van der Waals surface area contributed by atoms with E-state index in [9.17, 15) is 0 Å². The molecule has 0 bridgehead atoms. The van der Waals surface area contributed by atoms with Gasteiger partial charge in [0.05, 0.1) is 10.2 Å². The molecule has 0 amide bonds. The fourth-order valence-electron chi connectivity index (χ4n) is 2.46. The number of pyridine rings is 1. The van der Waals surface area contributed by atoms with Crippen molar-refractivity contribution < 1.29 is 0 Å². The standard InChI is InChI=1S/C13H18BrN3/c14-12-9-15-4-3-13(12)17-7-5-16(6-8-17)10-11-1-2-11/h3-4,9,11H,1-2,5-8,10H2. The van der Waals surface area contributed by atoms with Crippen molar-refractivity contribution in [1.29, 1.82) is 0 Å². The van der Waals surface area contributed by atoms with Crippen LogP contribution in [-0.2, 0) is 0 Å². The number of aromatic nitrogens is 1. The first-order chi connectivity index (χ1) is 8.33. The maximum atomic E-state index is 4.12. The molecule has 0 aromatic carbocycles. The summed E-state index contributed by atoms with van der Waals surface area (Å²) in [6.45, 7) is 5.99. The van der Waals surface area contributed by atoms with Gasteiger partial charge in [-0.15, -0.1) is 0 Å². The second kappa shape index (κ2) is 4.94. The van der Waals surface area contributed by atoms with Crippen molar-refractivity contribution >= 4 is 21.6 Å². The molecule has 0 atom stereocenters. The molecule has 1 aromatic rings. The van der Waals surface area contributed by atoms with Crippen LogP contribution in [0.5, 0.6) is 0 Å². The van der Waals surface area contributed by atoms with Crippen molar-refractivity contribution in [3.8, 4) is 0 Å². The number of nitrogens with zero attached hydrogens (tertiary/aromatic N) is 3. The predicted octanol–water partition coefficient (Wildman–Crippen LogP) is 2.38. The Hall–Kier alpha value is -0.610. The third-order valence-corrected chi connectivity index (χ3v) is 4.29. The molecule has 2 heterocycles. The Morgan fingerprint density at radius 3 is 2.65 bits per heavy atom. The van der Waals surface area contributed by atoms with Crippen molar-refractivity contribution in [1.82, 2.24) is 9.88 Å². The van der Waals surface area contributed by atoms with Crippen LogP contribution in [0, 0.1) is 5.92 Å². The zero-order valence-corrected chi connectivity index (χ0v) is 11.6. The summed E-state index contributed by atoms with van der Waals surface area (Å²) in [5.74, 6) is 1.01. The van der Waals surface area contributed by atoms with Gasteiger partial charge in [0.2, 0.25) is 0 Å². The molecule has 0 spiro atoms. The van der Waals surface area contributed by atoms with Gasteiger partial charge < -0.3 is 4.90 Å². The lowest BCUT2D eigenvalue weighted by molar-refractivity contribution is 0.248. The van der Waals surface area contributed by atoms with Gasteiger partial charge in [0.1, 0.15) is 0 Å². The number of anilines is 1. The molecule has 3 nitrogen and oxygen atoms in total. The lowest BCUT2D eigenvalue weighted by atomic mass is 10.2. The maximum absolute atomic E-state index is 4.12. The van der Waals surface area contributed by atoms with Gasteiger partial charge in [0.15, 0.2) is 0 Å². The van der Waals surface area contributed by atoms with Gasteiger partial charge in [0.25, 0.3) is 0 Å². The summed E-state index contributed by atoms with van der Waals surface area (Å²) in [4.78, 5) is 9.19. The van der Waals surface area contributed by atoms with E-state index in [4.69, 9.17) is 0 Å². The minimum absolute atomic E-state index is 1.01. The minimum Gasteiger partial charge on any atom is -0.368 e. The average Bonchev–Trinajstić information content (AvgIpc) is 3.15. The highest BCUT2D eigenvalue weighted by Crippen LogP contribution is 2.31. The van der Waals surface area contributed by atoms with E-state index in [1.165, 1.54) is 38.2 Å². The summed E-state index contributed by atoms with van der Waals surface area (Å²) < 4.78 is 1.11. The van der Waals surface area contributed by atoms with Gasteiger partial charge in [-0.1, -0.05) is 0 Å². The van der Waals surface area contributed by atoms with Gasteiger partial charge >= 0.3 is 0 Å². The van der Waals surface area contributed by atoms with Crippen LogP contribution >= 0.6 is 15.9 Å². The van der Waals surface area contributed by atoms with Crippen LogP contribution in [0.15, 0.2) is 22.9 Å². The van der Waals surface area contributed by atoms with Crippen LogP contribution < -0.4 is 4.90 Å². The number of halogens is 1. The number of hydrogen-bond donors (Lipinski definition) is 0. The second-order valence-electron chi connectivity index (χ2n) is 5.06. The van der Waals surface area contributed by atoms with Crippen molar-refractivity contribution in [2.45, 2.75) is 12.8 Å². The van der Waals surface area contributed by atoms with Gasteiger partial charge in [-0.3, -0.25) is 9.88 Å². The summed E-state index contributed by atoms with van der Waals surface area (Å²) >= 11 is 3.58. The molecular formula is C13H18BrN3. The molecule has 1 aliphatic carbocycles. The first-order valence-corrected chi connectivity index (χ1v) is 7.19. The Kier molecular flexibility index (Phi) is 3.34. The highest BCUT2D eigenvalue weighted by atomic mass is 79.9. The van der Waals surface area contributed by atoms with Crippen LogP contribution in [0.2, 0.25) is 0 Å². The van der Waals surface area contributed by atoms with Gasteiger partial charge in [-0.05, 0) is 40.8 Å². The van der Waals surface area contributed by atoms with Crippen LogP contribution in [0.3, 0.4) is 0 Å². The predicted molar refractivity (Wildman–Crippen MR) is 73.3 cm³/mol. The summed E-state index contributed by atoms with van der Waals surface area (Å²) in [6, 6.07) is 2.10. The molecule has 2 aliphatic rings. The fourth-order valence-corrected chi connectivity index (χ4v) is 2.96. The lowest BCUT2D eigenvalue weighted by Crippen LogP contribution is -2.47. The molecule has 0 N–H and O–H groups in total. The number of hydrogen-bond acceptors (Lipinski definition) is 3. The van der Waals surface area contributed by atoms with Crippen molar-refractivity contribution in [2.24, 2.45) is 5.92 Å². The summed E-state index contributed by atoms with van der Waals surface area (Å²) in [5.41, 5.74) is 1.28. The first-order valence-electron chi connectivity index (χ1n) is 6.40.